The van der Waals surface area contributed by atoms with Crippen molar-refractivity contribution in [2.75, 3.05) is 19.7 Å². The number of aromatic amines is 1. The molecule has 1 N–H and O–H groups in total. The van der Waals surface area contributed by atoms with Gasteiger partial charge in [0, 0.05) is 30.1 Å². The van der Waals surface area contributed by atoms with Crippen LogP contribution in [0.25, 0.3) is 10.9 Å². The van der Waals surface area contributed by atoms with Crippen LogP contribution in [0, 0.1) is 0 Å². The van der Waals surface area contributed by atoms with Crippen molar-refractivity contribution in [2.24, 2.45) is 0 Å². The van der Waals surface area contributed by atoms with Crippen LogP contribution in [0.1, 0.15) is 30.1 Å². The number of rotatable bonds is 5. The first-order valence-corrected chi connectivity index (χ1v) is 9.30. The number of carbonyl (C=O) groups is 1. The van der Waals surface area contributed by atoms with Crippen molar-refractivity contribution in [1.82, 2.24) is 9.88 Å². The van der Waals surface area contributed by atoms with Gasteiger partial charge in [-0.25, -0.2) is 0 Å². The van der Waals surface area contributed by atoms with E-state index in [-0.39, 0.29) is 12.0 Å². The van der Waals surface area contributed by atoms with Gasteiger partial charge >= 0.3 is 0 Å². The van der Waals surface area contributed by atoms with E-state index >= 15 is 0 Å². The van der Waals surface area contributed by atoms with Gasteiger partial charge in [-0.15, -0.1) is 0 Å². The molecule has 1 atom stereocenters. The normalized spacial score (nSPS) is 17.5. The Hall–Kier alpha value is -2.59. The highest BCUT2D eigenvalue weighted by atomic mass is 16.5. The molecule has 1 amide bonds. The zero-order valence-electron chi connectivity index (χ0n) is 14.9. The van der Waals surface area contributed by atoms with E-state index < -0.39 is 0 Å². The molecule has 4 heteroatoms. The Balaban J connectivity index is 1.32. The molecule has 0 spiro atoms. The molecule has 0 bridgehead atoms. The Kier molecular flexibility index (Phi) is 5.02. The van der Waals surface area contributed by atoms with E-state index in [0.29, 0.717) is 26.1 Å². The van der Waals surface area contributed by atoms with Crippen molar-refractivity contribution in [3.05, 3.63) is 71.9 Å². The van der Waals surface area contributed by atoms with Gasteiger partial charge in [0.05, 0.1) is 13.2 Å². The second-order valence-corrected chi connectivity index (χ2v) is 6.82. The second kappa shape index (κ2) is 7.75. The summed E-state index contributed by atoms with van der Waals surface area (Å²) in [6, 6.07) is 18.5. The van der Waals surface area contributed by atoms with Crippen molar-refractivity contribution < 1.29 is 9.53 Å². The van der Waals surface area contributed by atoms with Crippen molar-refractivity contribution in [2.45, 2.75) is 25.4 Å². The van der Waals surface area contributed by atoms with Crippen LogP contribution in [0.4, 0.5) is 0 Å². The molecular weight excluding hydrogens is 324 g/mol. The predicted molar refractivity (Wildman–Crippen MR) is 103 cm³/mol. The fourth-order valence-electron chi connectivity index (χ4n) is 3.67. The molecule has 3 aromatic rings. The smallest absolute Gasteiger partial charge is 0.222 e. The molecule has 2 heterocycles. The Morgan fingerprint density at radius 3 is 2.81 bits per heavy atom. The minimum absolute atomic E-state index is 0.0116. The molecule has 0 unspecified atom stereocenters. The Morgan fingerprint density at radius 1 is 1.12 bits per heavy atom. The number of aromatic nitrogens is 1. The van der Waals surface area contributed by atoms with Crippen molar-refractivity contribution in [1.29, 1.82) is 0 Å². The van der Waals surface area contributed by atoms with Crippen molar-refractivity contribution in [3.8, 4) is 0 Å². The van der Waals surface area contributed by atoms with Gasteiger partial charge in [0.15, 0.2) is 0 Å². The summed E-state index contributed by atoms with van der Waals surface area (Å²) < 4.78 is 5.86. The van der Waals surface area contributed by atoms with Gasteiger partial charge in [0.2, 0.25) is 5.91 Å². The number of aryl methyl sites for hydroxylation is 1. The number of para-hydroxylation sites is 1. The lowest BCUT2D eigenvalue weighted by Gasteiger charge is -2.33. The molecule has 1 aliphatic rings. The number of ether oxygens (including phenoxy) is 1. The summed E-state index contributed by atoms with van der Waals surface area (Å²) in [5.74, 6) is 0.231. The Bertz CT molecular complexity index is 872. The number of hydrogen-bond donors (Lipinski definition) is 1. The molecule has 1 aliphatic heterocycles. The molecule has 4 nitrogen and oxygen atoms in total. The fourth-order valence-corrected chi connectivity index (χ4v) is 3.67. The minimum Gasteiger partial charge on any atom is -0.370 e. The molecule has 2 aromatic carbocycles. The average Bonchev–Trinajstić information content (AvgIpc) is 3.12. The number of carbonyl (C=O) groups excluding carboxylic acids is 1. The first-order valence-electron chi connectivity index (χ1n) is 9.30. The highest BCUT2D eigenvalue weighted by Crippen LogP contribution is 2.23. The summed E-state index contributed by atoms with van der Waals surface area (Å²) in [5, 5.41) is 1.26. The van der Waals surface area contributed by atoms with E-state index in [9.17, 15) is 4.79 Å². The molecule has 1 aromatic heterocycles. The summed E-state index contributed by atoms with van der Waals surface area (Å²) in [6.07, 6.45) is 4.43. The summed E-state index contributed by atoms with van der Waals surface area (Å²) >= 11 is 0. The number of nitrogens with zero attached hydrogens (tertiary/aromatic N) is 1. The lowest BCUT2D eigenvalue weighted by molar-refractivity contribution is -0.139. The van der Waals surface area contributed by atoms with Crippen LogP contribution in [0.5, 0.6) is 0 Å². The third-order valence-electron chi connectivity index (χ3n) is 5.10. The molecule has 1 saturated heterocycles. The van der Waals surface area contributed by atoms with Gasteiger partial charge in [-0.3, -0.25) is 4.79 Å². The molecule has 0 saturated carbocycles. The van der Waals surface area contributed by atoms with Gasteiger partial charge < -0.3 is 14.6 Å². The van der Waals surface area contributed by atoms with Crippen molar-refractivity contribution >= 4 is 16.8 Å². The van der Waals surface area contributed by atoms with Gasteiger partial charge in [-0.2, -0.15) is 0 Å². The lowest BCUT2D eigenvalue weighted by Crippen LogP contribution is -2.42. The van der Waals surface area contributed by atoms with Gasteiger partial charge in [0.25, 0.3) is 0 Å². The van der Waals surface area contributed by atoms with Crippen molar-refractivity contribution in [3.63, 3.8) is 0 Å². The largest absolute Gasteiger partial charge is 0.370 e. The number of hydrogen-bond acceptors (Lipinski definition) is 2. The number of fused-ring (bicyclic) bond motifs is 1. The third-order valence-corrected chi connectivity index (χ3v) is 5.10. The number of nitrogens with one attached hydrogen (secondary N) is 1. The SMILES string of the molecule is O=C(CCCc1c[nH]c2ccccc12)N1CCO[C@H](c2ccccc2)C1. The summed E-state index contributed by atoms with van der Waals surface area (Å²) in [5.41, 5.74) is 3.59. The van der Waals surface area contributed by atoms with Crippen LogP contribution in [0.3, 0.4) is 0 Å². The van der Waals surface area contributed by atoms with Crippen LogP contribution in [-0.4, -0.2) is 35.5 Å². The van der Waals surface area contributed by atoms with Gasteiger partial charge in [0.1, 0.15) is 6.10 Å². The number of morpholine rings is 1. The molecule has 0 aliphatic carbocycles. The van der Waals surface area contributed by atoms with E-state index in [0.717, 1.165) is 23.9 Å². The third kappa shape index (κ3) is 3.65. The molecule has 1 fully saturated rings. The maximum Gasteiger partial charge on any atom is 0.222 e. The van der Waals surface area contributed by atoms with Crippen LogP contribution in [0.2, 0.25) is 0 Å². The fraction of sp³-hybridized carbons (Fsp3) is 0.318. The van der Waals surface area contributed by atoms with Gasteiger partial charge in [-0.1, -0.05) is 48.5 Å². The number of benzene rings is 2. The zero-order valence-corrected chi connectivity index (χ0v) is 14.9. The van der Waals surface area contributed by atoms with E-state index in [1.54, 1.807) is 0 Å². The van der Waals surface area contributed by atoms with Gasteiger partial charge in [-0.05, 0) is 30.0 Å². The predicted octanol–water partition coefficient (Wildman–Crippen LogP) is 4.09. The van der Waals surface area contributed by atoms with Crippen LogP contribution >= 0.6 is 0 Å². The Labute approximate surface area is 153 Å². The second-order valence-electron chi connectivity index (χ2n) is 6.82. The maximum absolute atomic E-state index is 12.6. The van der Waals surface area contributed by atoms with Crippen LogP contribution in [-0.2, 0) is 16.0 Å². The monoisotopic (exact) mass is 348 g/mol. The quantitative estimate of drug-likeness (QED) is 0.755. The maximum atomic E-state index is 12.6. The molecule has 26 heavy (non-hydrogen) atoms. The summed E-state index contributed by atoms with van der Waals surface area (Å²) in [4.78, 5) is 17.9. The topological polar surface area (TPSA) is 45.3 Å². The highest BCUT2D eigenvalue weighted by molar-refractivity contribution is 5.83. The highest BCUT2D eigenvalue weighted by Gasteiger charge is 2.24. The Morgan fingerprint density at radius 2 is 1.92 bits per heavy atom. The summed E-state index contributed by atoms with van der Waals surface area (Å²) in [6.45, 7) is 1.94. The standard InChI is InChI=1S/C22H24N2O2/c25-22(12-6-9-18-15-23-20-11-5-4-10-19(18)20)24-13-14-26-21(16-24)17-7-2-1-3-8-17/h1-5,7-8,10-11,15,21,23H,6,9,12-14,16H2/t21-/m0/s1. The van der Waals surface area contributed by atoms with E-state index in [4.69, 9.17) is 4.74 Å². The average molecular weight is 348 g/mol. The first kappa shape index (κ1) is 16.9. The van der Waals surface area contributed by atoms with Crippen LogP contribution < -0.4 is 0 Å². The number of H-pyrrole nitrogens is 1. The molecule has 4 rings (SSSR count). The lowest BCUT2D eigenvalue weighted by atomic mass is 10.1. The van der Waals surface area contributed by atoms with E-state index in [1.807, 2.05) is 29.2 Å². The summed E-state index contributed by atoms with van der Waals surface area (Å²) in [7, 11) is 0. The zero-order chi connectivity index (χ0) is 17.8. The molecule has 0 radical (unpaired) electrons. The van der Waals surface area contributed by atoms with E-state index in [1.165, 1.54) is 10.9 Å². The van der Waals surface area contributed by atoms with Crippen LogP contribution in [0.15, 0.2) is 60.8 Å². The first-order chi connectivity index (χ1) is 12.8. The molecule has 134 valence electrons. The molecular formula is C22H24N2O2. The van der Waals surface area contributed by atoms with E-state index in [2.05, 4.69) is 41.5 Å². The minimum atomic E-state index is -0.0116. The number of amides is 1.